The second-order valence-corrected chi connectivity index (χ2v) is 10.6. The van der Waals surface area contributed by atoms with Crippen LogP contribution in [0.4, 0.5) is 5.69 Å². The Labute approximate surface area is 219 Å². The number of nitriles is 1. The van der Waals surface area contributed by atoms with Crippen LogP contribution >= 0.6 is 31.9 Å². The number of carbonyl (C=O) groups excluding carboxylic acids is 1. The lowest BCUT2D eigenvalue weighted by molar-refractivity contribution is -0.112. The van der Waals surface area contributed by atoms with Gasteiger partial charge in [0, 0.05) is 11.1 Å². The maximum absolute atomic E-state index is 12.8. The Bertz CT molecular complexity index is 1580. The van der Waals surface area contributed by atoms with Crippen LogP contribution in [-0.4, -0.2) is 14.3 Å². The van der Waals surface area contributed by atoms with Crippen molar-refractivity contribution in [3.8, 4) is 11.8 Å². The molecule has 4 rings (SSSR count). The van der Waals surface area contributed by atoms with Gasteiger partial charge in [-0.25, -0.2) is 0 Å². The van der Waals surface area contributed by atoms with Crippen molar-refractivity contribution in [2.75, 3.05) is 5.32 Å². The normalized spacial score (nSPS) is 11.6. The molecular weight excluding hydrogens is 596 g/mol. The molecule has 4 aromatic rings. The fraction of sp³-hybridized carbons (Fsp3) is 0. The van der Waals surface area contributed by atoms with Gasteiger partial charge in [0.15, 0.2) is 5.75 Å². The lowest BCUT2D eigenvalue weighted by Crippen LogP contribution is -2.13. The Morgan fingerprint density at radius 1 is 0.914 bits per heavy atom. The summed E-state index contributed by atoms with van der Waals surface area (Å²) in [5.74, 6) is -0.521. The average molecular weight is 612 g/mol. The molecule has 35 heavy (non-hydrogen) atoms. The van der Waals surface area contributed by atoms with E-state index in [0.29, 0.717) is 20.2 Å². The Morgan fingerprint density at radius 2 is 1.54 bits per heavy atom. The van der Waals surface area contributed by atoms with Crippen molar-refractivity contribution in [2.24, 2.45) is 0 Å². The van der Waals surface area contributed by atoms with E-state index >= 15 is 0 Å². The molecule has 0 aliphatic carbocycles. The molecule has 0 atom stereocenters. The highest BCUT2D eigenvalue weighted by molar-refractivity contribution is 9.11. The summed E-state index contributed by atoms with van der Waals surface area (Å²) in [6, 6.07) is 25.9. The van der Waals surface area contributed by atoms with Crippen LogP contribution in [0, 0.1) is 11.3 Å². The SMILES string of the molecule is N#C/C(=C\c1cc(Br)c(OS(=O)(=O)c2ccccc2)c(Br)c1)C(=O)Nc1cccc2ccccc12. The zero-order valence-corrected chi connectivity index (χ0v) is 21.9. The number of hydrogen-bond acceptors (Lipinski definition) is 5. The minimum absolute atomic E-state index is 0.0136. The number of fused-ring (bicyclic) bond motifs is 1. The van der Waals surface area contributed by atoms with Gasteiger partial charge in [-0.05, 0) is 79.2 Å². The number of hydrogen-bond donors (Lipinski definition) is 1. The van der Waals surface area contributed by atoms with Crippen molar-refractivity contribution in [1.82, 2.24) is 0 Å². The highest BCUT2D eigenvalue weighted by Gasteiger charge is 2.21. The molecule has 174 valence electrons. The lowest BCUT2D eigenvalue weighted by Gasteiger charge is -2.12. The molecule has 6 nitrogen and oxygen atoms in total. The van der Waals surface area contributed by atoms with Crippen LogP contribution in [0.3, 0.4) is 0 Å². The number of rotatable bonds is 6. The van der Waals surface area contributed by atoms with Crippen LogP contribution in [0.5, 0.6) is 5.75 Å². The second kappa shape index (κ2) is 10.4. The first kappa shape index (κ1) is 24.7. The van der Waals surface area contributed by atoms with Crippen LogP contribution in [0.15, 0.2) is 104 Å². The van der Waals surface area contributed by atoms with Gasteiger partial charge in [-0.1, -0.05) is 54.6 Å². The Morgan fingerprint density at radius 3 is 2.23 bits per heavy atom. The topological polar surface area (TPSA) is 96.3 Å². The number of anilines is 1. The van der Waals surface area contributed by atoms with E-state index in [0.717, 1.165) is 10.8 Å². The summed E-state index contributed by atoms with van der Waals surface area (Å²) in [6.07, 6.45) is 1.41. The second-order valence-electron chi connectivity index (χ2n) is 7.31. The third-order valence-electron chi connectivity index (χ3n) is 4.96. The van der Waals surface area contributed by atoms with Gasteiger partial charge < -0.3 is 9.50 Å². The van der Waals surface area contributed by atoms with E-state index in [2.05, 4.69) is 37.2 Å². The highest BCUT2D eigenvalue weighted by atomic mass is 79.9. The number of nitrogens with one attached hydrogen (secondary N) is 1. The van der Waals surface area contributed by atoms with Crippen molar-refractivity contribution in [1.29, 1.82) is 5.26 Å². The molecule has 0 saturated heterocycles. The van der Waals surface area contributed by atoms with Gasteiger partial charge in [0.25, 0.3) is 5.91 Å². The molecule has 0 bridgehead atoms. The van der Waals surface area contributed by atoms with Gasteiger partial charge in [0.05, 0.1) is 8.95 Å². The summed E-state index contributed by atoms with van der Waals surface area (Å²) in [5.41, 5.74) is 0.951. The van der Waals surface area contributed by atoms with Crippen LogP contribution in [-0.2, 0) is 14.9 Å². The van der Waals surface area contributed by atoms with Crippen LogP contribution < -0.4 is 9.50 Å². The van der Waals surface area contributed by atoms with E-state index in [1.54, 1.807) is 36.4 Å². The van der Waals surface area contributed by atoms with Gasteiger partial charge in [0.2, 0.25) is 0 Å². The quantitative estimate of drug-likeness (QED) is 0.149. The molecule has 0 heterocycles. The molecular formula is C26H16Br2N2O4S. The van der Waals surface area contributed by atoms with E-state index < -0.39 is 16.0 Å². The zero-order chi connectivity index (χ0) is 25.0. The summed E-state index contributed by atoms with van der Waals surface area (Å²) < 4.78 is 31.2. The molecule has 0 aromatic heterocycles. The Balaban J connectivity index is 1.60. The molecule has 1 N–H and O–H groups in total. The molecule has 0 aliphatic rings. The first-order valence-corrected chi connectivity index (χ1v) is 13.2. The third-order valence-corrected chi connectivity index (χ3v) is 7.37. The maximum atomic E-state index is 12.8. The number of nitrogens with zero attached hydrogens (tertiary/aromatic N) is 1. The van der Waals surface area contributed by atoms with Gasteiger partial charge in [-0.15, -0.1) is 0 Å². The number of benzene rings is 4. The van der Waals surface area contributed by atoms with Crippen molar-refractivity contribution < 1.29 is 17.4 Å². The summed E-state index contributed by atoms with van der Waals surface area (Å²) in [5, 5.41) is 14.2. The smallest absolute Gasteiger partial charge is 0.339 e. The molecule has 0 radical (unpaired) electrons. The molecule has 0 spiro atoms. The van der Waals surface area contributed by atoms with E-state index in [1.807, 2.05) is 42.5 Å². The van der Waals surface area contributed by atoms with E-state index in [4.69, 9.17) is 4.18 Å². The number of amides is 1. The highest BCUT2D eigenvalue weighted by Crippen LogP contribution is 2.37. The Hall–Kier alpha value is -3.45. The third kappa shape index (κ3) is 5.62. The predicted molar refractivity (Wildman–Crippen MR) is 142 cm³/mol. The monoisotopic (exact) mass is 610 g/mol. The first-order valence-electron chi connectivity index (χ1n) is 10.2. The minimum Gasteiger partial charge on any atom is -0.377 e. The van der Waals surface area contributed by atoms with E-state index in [-0.39, 0.29) is 16.2 Å². The summed E-state index contributed by atoms with van der Waals surface area (Å²) in [7, 11) is -4.06. The molecule has 1 amide bonds. The predicted octanol–water partition coefficient (Wildman–Crippen LogP) is 6.68. The Kier molecular flexibility index (Phi) is 7.36. The molecule has 0 fully saturated rings. The van der Waals surface area contributed by atoms with Crippen LogP contribution in [0.2, 0.25) is 0 Å². The fourth-order valence-corrected chi connectivity index (χ4v) is 5.91. The maximum Gasteiger partial charge on any atom is 0.339 e. The largest absolute Gasteiger partial charge is 0.377 e. The molecule has 4 aromatic carbocycles. The average Bonchev–Trinajstić information content (AvgIpc) is 2.85. The van der Waals surface area contributed by atoms with Gasteiger partial charge in [-0.2, -0.15) is 13.7 Å². The minimum atomic E-state index is -4.06. The standard InChI is InChI=1S/C26H16Br2N2O4S/c27-22-14-17(15-23(28)25(22)34-35(32,33)20-9-2-1-3-10-20)13-19(16-29)26(31)30-24-12-6-8-18-7-4-5-11-21(18)24/h1-15H,(H,30,31)/b19-13+. The van der Waals surface area contributed by atoms with Gasteiger partial charge >= 0.3 is 10.1 Å². The molecule has 0 aliphatic heterocycles. The van der Waals surface area contributed by atoms with Crippen molar-refractivity contribution in [3.05, 3.63) is 105 Å². The molecule has 9 heteroatoms. The van der Waals surface area contributed by atoms with E-state index in [1.165, 1.54) is 18.2 Å². The zero-order valence-electron chi connectivity index (χ0n) is 17.9. The first-order chi connectivity index (χ1) is 16.8. The fourth-order valence-electron chi connectivity index (χ4n) is 3.33. The van der Waals surface area contributed by atoms with Crippen LogP contribution in [0.1, 0.15) is 5.56 Å². The lowest BCUT2D eigenvalue weighted by atomic mass is 10.1. The molecule has 0 saturated carbocycles. The summed E-state index contributed by atoms with van der Waals surface area (Å²) in [4.78, 5) is 12.9. The van der Waals surface area contributed by atoms with Gasteiger partial charge in [-0.3, -0.25) is 4.79 Å². The summed E-state index contributed by atoms with van der Waals surface area (Å²) >= 11 is 6.64. The molecule has 0 unspecified atom stereocenters. The number of halogens is 2. The summed E-state index contributed by atoms with van der Waals surface area (Å²) in [6.45, 7) is 0. The van der Waals surface area contributed by atoms with Crippen molar-refractivity contribution >= 4 is 70.4 Å². The van der Waals surface area contributed by atoms with E-state index in [9.17, 15) is 18.5 Å². The van der Waals surface area contributed by atoms with Gasteiger partial charge in [0.1, 0.15) is 16.5 Å². The van der Waals surface area contributed by atoms with Crippen LogP contribution in [0.25, 0.3) is 16.8 Å². The van der Waals surface area contributed by atoms with Crippen molar-refractivity contribution in [3.63, 3.8) is 0 Å². The number of carbonyl (C=O) groups is 1. The van der Waals surface area contributed by atoms with Crippen molar-refractivity contribution in [2.45, 2.75) is 4.90 Å².